The number of rotatable bonds is 44. The lowest BCUT2D eigenvalue weighted by Gasteiger charge is -2.20. The first kappa shape index (κ1) is 53.0. The second-order valence-electron chi connectivity index (χ2n) is 15.3. The monoisotopic (exact) mass is 786 g/mol. The zero-order chi connectivity index (χ0) is 39.5. The molecule has 320 valence electrons. The molecule has 9 heteroatoms. The van der Waals surface area contributed by atoms with E-state index in [1.807, 2.05) is 0 Å². The van der Waals surface area contributed by atoms with Crippen LogP contribution in [-0.2, 0) is 27.9 Å². The summed E-state index contributed by atoms with van der Waals surface area (Å²) in [6, 6.07) is 0. The molecule has 0 radical (unpaired) electrons. The van der Waals surface area contributed by atoms with E-state index in [0.29, 0.717) is 13.0 Å². The molecule has 0 bridgehead atoms. The quantitative estimate of drug-likeness (QED) is 0.0271. The van der Waals surface area contributed by atoms with Gasteiger partial charge in [0.15, 0.2) is 0 Å². The van der Waals surface area contributed by atoms with Gasteiger partial charge in [0.2, 0.25) is 0 Å². The summed E-state index contributed by atoms with van der Waals surface area (Å²) in [7, 11) is -4.27. The summed E-state index contributed by atoms with van der Waals surface area (Å²) in [5, 5.41) is 0. The largest absolute Gasteiger partial charge is 0.472 e. The summed E-state index contributed by atoms with van der Waals surface area (Å²) in [5.41, 5.74) is 5.36. The highest BCUT2D eigenvalue weighted by Gasteiger charge is 2.25. The van der Waals surface area contributed by atoms with E-state index in [1.54, 1.807) is 0 Å². The van der Waals surface area contributed by atoms with Gasteiger partial charge in [0.1, 0.15) is 6.10 Å². The summed E-state index contributed by atoms with van der Waals surface area (Å²) in [5.74, 6) is -0.331. The topological polar surface area (TPSA) is 117 Å². The van der Waals surface area contributed by atoms with Crippen molar-refractivity contribution in [3.8, 4) is 0 Å². The van der Waals surface area contributed by atoms with Crippen molar-refractivity contribution in [1.29, 1.82) is 0 Å². The first-order valence-electron chi connectivity index (χ1n) is 22.8. The minimum atomic E-state index is -4.27. The predicted octanol–water partition coefficient (Wildman–Crippen LogP) is 13.6. The third-order valence-corrected chi connectivity index (χ3v) is 10.9. The van der Waals surface area contributed by atoms with Crippen LogP contribution in [0.1, 0.15) is 219 Å². The number of phosphoric ester groups is 1. The minimum absolute atomic E-state index is 0.0931. The van der Waals surface area contributed by atoms with E-state index >= 15 is 0 Å². The molecule has 0 spiro atoms. The van der Waals surface area contributed by atoms with Gasteiger partial charge in [-0.05, 0) is 44.9 Å². The number of allylic oxidation sites excluding steroid dienone is 4. The molecule has 0 aromatic rings. The van der Waals surface area contributed by atoms with Crippen molar-refractivity contribution < 1.29 is 32.8 Å². The van der Waals surface area contributed by atoms with Crippen LogP contribution in [0, 0.1) is 0 Å². The van der Waals surface area contributed by atoms with E-state index in [0.717, 1.165) is 38.5 Å². The normalized spacial score (nSPS) is 13.6. The Kier molecular flexibility index (Phi) is 42.3. The maximum absolute atomic E-state index is 12.5. The summed E-state index contributed by atoms with van der Waals surface area (Å²) in [4.78, 5) is 22.4. The molecule has 0 aromatic heterocycles. The third-order valence-electron chi connectivity index (χ3n) is 9.87. The van der Waals surface area contributed by atoms with Crippen LogP contribution in [0.4, 0.5) is 0 Å². The van der Waals surface area contributed by atoms with Crippen molar-refractivity contribution in [2.24, 2.45) is 5.73 Å². The van der Waals surface area contributed by atoms with Crippen LogP contribution in [0.3, 0.4) is 0 Å². The molecule has 0 aromatic carbocycles. The highest BCUT2D eigenvalue weighted by Crippen LogP contribution is 2.43. The molecular formula is C45H88NO7P. The number of carbonyl (C=O) groups is 1. The number of unbranched alkanes of at least 4 members (excludes halogenated alkanes) is 27. The minimum Gasteiger partial charge on any atom is -0.457 e. The molecule has 8 nitrogen and oxygen atoms in total. The Labute approximate surface area is 334 Å². The average molecular weight is 786 g/mol. The van der Waals surface area contributed by atoms with Gasteiger partial charge >= 0.3 is 13.8 Å². The zero-order valence-electron chi connectivity index (χ0n) is 35.5. The van der Waals surface area contributed by atoms with Crippen molar-refractivity contribution in [1.82, 2.24) is 0 Å². The Balaban J connectivity index is 3.81. The van der Waals surface area contributed by atoms with Gasteiger partial charge in [-0.2, -0.15) is 0 Å². The van der Waals surface area contributed by atoms with Crippen LogP contribution in [0.15, 0.2) is 24.3 Å². The highest BCUT2D eigenvalue weighted by molar-refractivity contribution is 7.47. The summed E-state index contributed by atoms with van der Waals surface area (Å²) < 4.78 is 33.4. The number of hydrogen-bond donors (Lipinski definition) is 2. The van der Waals surface area contributed by atoms with Crippen molar-refractivity contribution >= 4 is 13.8 Å². The predicted molar refractivity (Wildman–Crippen MR) is 229 cm³/mol. The summed E-state index contributed by atoms with van der Waals surface area (Å²) in [6.45, 7) is 4.92. The Morgan fingerprint density at radius 3 is 1.44 bits per heavy atom. The highest BCUT2D eigenvalue weighted by atomic mass is 31.2. The lowest BCUT2D eigenvalue weighted by molar-refractivity contribution is -0.154. The number of carbonyl (C=O) groups excluding carboxylic acids is 1. The van der Waals surface area contributed by atoms with E-state index in [-0.39, 0.29) is 32.3 Å². The molecule has 0 aliphatic rings. The van der Waals surface area contributed by atoms with Crippen LogP contribution >= 0.6 is 7.82 Å². The fraction of sp³-hybridized carbons (Fsp3) is 0.889. The fourth-order valence-electron chi connectivity index (χ4n) is 6.50. The van der Waals surface area contributed by atoms with Crippen LogP contribution < -0.4 is 5.73 Å². The molecule has 0 heterocycles. The first-order valence-corrected chi connectivity index (χ1v) is 24.3. The van der Waals surface area contributed by atoms with Gasteiger partial charge in [-0.3, -0.25) is 13.8 Å². The molecule has 2 atom stereocenters. The van der Waals surface area contributed by atoms with Gasteiger partial charge in [0, 0.05) is 19.6 Å². The molecular weight excluding hydrogens is 697 g/mol. The number of nitrogens with two attached hydrogens (primary N) is 1. The number of hydrogen-bond acceptors (Lipinski definition) is 7. The fourth-order valence-corrected chi connectivity index (χ4v) is 7.26. The number of phosphoric acid groups is 1. The molecule has 0 aliphatic heterocycles. The van der Waals surface area contributed by atoms with Crippen molar-refractivity contribution in [2.45, 2.75) is 225 Å². The maximum atomic E-state index is 12.5. The van der Waals surface area contributed by atoms with E-state index in [2.05, 4.69) is 38.2 Å². The smallest absolute Gasteiger partial charge is 0.457 e. The second-order valence-corrected chi connectivity index (χ2v) is 16.7. The average Bonchev–Trinajstić information content (AvgIpc) is 3.16. The van der Waals surface area contributed by atoms with Crippen molar-refractivity contribution in [3.05, 3.63) is 24.3 Å². The van der Waals surface area contributed by atoms with E-state index in [9.17, 15) is 14.3 Å². The summed E-state index contributed by atoms with van der Waals surface area (Å²) >= 11 is 0. The van der Waals surface area contributed by atoms with Crippen LogP contribution in [0.25, 0.3) is 0 Å². The second kappa shape index (κ2) is 43.1. The van der Waals surface area contributed by atoms with E-state index in [1.165, 1.54) is 161 Å². The van der Waals surface area contributed by atoms with Gasteiger partial charge in [-0.25, -0.2) is 4.57 Å². The van der Waals surface area contributed by atoms with Crippen molar-refractivity contribution in [3.63, 3.8) is 0 Å². The van der Waals surface area contributed by atoms with Crippen LogP contribution in [-0.4, -0.2) is 49.9 Å². The Morgan fingerprint density at radius 2 is 0.981 bits per heavy atom. The maximum Gasteiger partial charge on any atom is 0.472 e. The molecule has 2 unspecified atom stereocenters. The van der Waals surface area contributed by atoms with Gasteiger partial charge in [-0.1, -0.05) is 192 Å². The molecule has 0 amide bonds. The van der Waals surface area contributed by atoms with Gasteiger partial charge < -0.3 is 20.1 Å². The van der Waals surface area contributed by atoms with E-state index < -0.39 is 13.9 Å². The Morgan fingerprint density at radius 1 is 0.556 bits per heavy atom. The van der Waals surface area contributed by atoms with Gasteiger partial charge in [0.25, 0.3) is 0 Å². The summed E-state index contributed by atoms with van der Waals surface area (Å²) in [6.07, 6.45) is 47.9. The van der Waals surface area contributed by atoms with Gasteiger partial charge in [0.05, 0.1) is 19.8 Å². The number of esters is 1. The standard InChI is InChI=1S/C45H88NO7P/c1-3-5-7-9-11-13-14-15-16-17-18-19-20-21-22-23-24-25-26-27-28-29-31-33-35-37-40-50-42-44(43-52-54(48,49)51-41-39-46)53-45(47)38-36-34-32-30-12-10-8-6-4-2/h14-15,17-18,44H,3-13,16,19-43,46H2,1-2H3,(H,48,49)/b15-14-,18-17-. The Hall–Kier alpha value is -1.02. The molecule has 0 rings (SSSR count). The zero-order valence-corrected chi connectivity index (χ0v) is 36.4. The van der Waals surface area contributed by atoms with Gasteiger partial charge in [-0.15, -0.1) is 0 Å². The molecule has 0 saturated carbocycles. The van der Waals surface area contributed by atoms with Crippen LogP contribution in [0.2, 0.25) is 0 Å². The molecule has 0 saturated heterocycles. The number of ether oxygens (including phenoxy) is 2. The van der Waals surface area contributed by atoms with Crippen LogP contribution in [0.5, 0.6) is 0 Å². The van der Waals surface area contributed by atoms with E-state index in [4.69, 9.17) is 24.3 Å². The molecule has 0 aliphatic carbocycles. The Bertz CT molecular complexity index is 884. The molecule has 0 fully saturated rings. The SMILES string of the molecule is CCCCCCC/C=C\C/C=C\CCCCCCCCCCCCCCCCOCC(COP(=O)(O)OCCN)OC(=O)CCCCCCCCCCC. The van der Waals surface area contributed by atoms with Crippen molar-refractivity contribution in [2.75, 3.05) is 33.0 Å². The third kappa shape index (κ3) is 42.1. The molecule has 3 N–H and O–H groups in total. The first-order chi connectivity index (χ1) is 26.4. The lowest BCUT2D eigenvalue weighted by atomic mass is 10.0. The lowest BCUT2D eigenvalue weighted by Crippen LogP contribution is -2.28. The molecule has 54 heavy (non-hydrogen) atoms.